The molecule has 0 fully saturated rings. The Bertz CT molecular complexity index is 703. The molecule has 0 aliphatic carbocycles. The van der Waals surface area contributed by atoms with Crippen LogP contribution in [0.4, 0.5) is 69.1 Å². The number of rotatable bonds is 36. The topological polar surface area (TPSA) is 0 Å². The lowest BCUT2D eigenvalue weighted by Crippen LogP contribution is -2.02. The highest BCUT2D eigenvalue weighted by Crippen LogP contribution is 2.41. The molecule has 72 heavy (non-hydrogen) atoms. The van der Waals surface area contributed by atoms with Gasteiger partial charge in [-0.15, -0.1) is 0 Å². The number of halogens is 16. The summed E-state index contributed by atoms with van der Waals surface area (Å²) in [5, 5.41) is 0. The summed E-state index contributed by atoms with van der Waals surface area (Å²) in [6, 6.07) is 0. The van der Waals surface area contributed by atoms with Crippen LogP contribution in [0.15, 0.2) is 0 Å². The Labute approximate surface area is 439 Å². The summed E-state index contributed by atoms with van der Waals surface area (Å²) in [5.74, 6) is 0. The Hall–Kier alpha value is 0.860. The van der Waals surface area contributed by atoms with Crippen molar-refractivity contribution in [3.8, 4) is 0 Å². The molecule has 0 rings (SSSR count). The molecule has 0 aliphatic rings. The predicted octanol–water partition coefficient (Wildman–Crippen LogP) is 23.6. The molecule has 0 atom stereocenters. The van der Waals surface area contributed by atoms with Gasteiger partial charge in [0.2, 0.25) is 0 Å². The van der Waals surface area contributed by atoms with E-state index < -0.39 is 29.0 Å². The predicted molar refractivity (Wildman–Crippen MR) is 311 cm³/mol. The lowest BCUT2D eigenvalue weighted by Gasteiger charge is -2.09. The smallest absolute Gasteiger partial charge is 0.418 e. The van der Waals surface area contributed by atoms with Gasteiger partial charge >= 0.3 is 29.0 Å². The van der Waals surface area contributed by atoms with E-state index in [0.29, 0.717) is 0 Å². The second kappa shape index (κ2) is 68.0. The molecule has 0 saturated carbocycles. The van der Waals surface area contributed by atoms with Gasteiger partial charge in [0.15, 0.2) is 0 Å². The van der Waals surface area contributed by atoms with Gasteiger partial charge in [0.1, 0.15) is 0 Å². The molecular weight excluding hydrogens is 1050 g/mol. The summed E-state index contributed by atoms with van der Waals surface area (Å²) in [5.41, 5.74) is 0. The Morgan fingerprint density at radius 2 is 0.222 bits per heavy atom. The van der Waals surface area contributed by atoms with E-state index in [-0.39, 0.29) is 31.7 Å². The first-order valence-electron chi connectivity index (χ1n) is 28.2. The van der Waals surface area contributed by atoms with E-state index in [1.807, 2.05) is 0 Å². The SMILES string of the molecule is CCCC[PH+](CCCC)CCCC.CCCC[PH+](CCCC)CCCC.CCCC[PH+](CCCC)CCCC.CCCC[PH+](CCCC)CCCC.F[B-](F)(F)F.F[B-](F)(F)F.F[B-](F)(F)F.F[B-](F)(F)F. The fraction of sp³-hybridized carbons (Fsp3) is 1.00. The second-order valence-corrected chi connectivity index (χ2v) is 30.2. The summed E-state index contributed by atoms with van der Waals surface area (Å²) < 4.78 is 156. The van der Waals surface area contributed by atoms with Gasteiger partial charge in [-0.1, -0.05) is 160 Å². The molecule has 448 valence electrons. The van der Waals surface area contributed by atoms with E-state index in [1.165, 1.54) is 154 Å². The third kappa shape index (κ3) is 145. The molecule has 0 nitrogen and oxygen atoms in total. The molecule has 0 spiro atoms. The minimum atomic E-state index is -6.00. The summed E-state index contributed by atoms with van der Waals surface area (Å²) in [6.45, 7) is 27.8. The zero-order chi connectivity index (χ0) is 57.8. The average molecular weight is 1160 g/mol. The van der Waals surface area contributed by atoms with Crippen LogP contribution in [0.3, 0.4) is 0 Å². The van der Waals surface area contributed by atoms with Crippen LogP contribution in [0.1, 0.15) is 237 Å². The first-order valence-corrected chi connectivity index (χ1v) is 36.7. The largest absolute Gasteiger partial charge is 0.673 e. The van der Waals surface area contributed by atoms with Gasteiger partial charge in [-0.05, 0) is 77.0 Å². The van der Waals surface area contributed by atoms with Crippen LogP contribution >= 0.6 is 31.7 Å². The van der Waals surface area contributed by atoms with E-state index in [2.05, 4.69) is 83.1 Å². The molecule has 0 bridgehead atoms. The van der Waals surface area contributed by atoms with Crippen LogP contribution in [0.25, 0.3) is 0 Å². The molecule has 0 aliphatic heterocycles. The van der Waals surface area contributed by atoms with Crippen LogP contribution in [0.5, 0.6) is 0 Å². The first kappa shape index (κ1) is 89.4. The molecule has 0 N–H and O–H groups in total. The van der Waals surface area contributed by atoms with Crippen molar-refractivity contribution < 1.29 is 69.1 Å². The lowest BCUT2D eigenvalue weighted by atomic mass is 10.3. The van der Waals surface area contributed by atoms with Crippen LogP contribution in [0, 0.1) is 0 Å². The third-order valence-electron chi connectivity index (χ3n) is 10.6. The van der Waals surface area contributed by atoms with E-state index in [1.54, 1.807) is 73.9 Å². The van der Waals surface area contributed by atoms with Crippen LogP contribution in [-0.2, 0) is 0 Å². The van der Waals surface area contributed by atoms with E-state index in [0.717, 1.165) is 0 Å². The summed E-state index contributed by atoms with van der Waals surface area (Å²) in [6.07, 6.45) is 53.6. The van der Waals surface area contributed by atoms with Gasteiger partial charge in [-0.3, -0.25) is 0 Å². The van der Waals surface area contributed by atoms with Crippen molar-refractivity contribution in [3.63, 3.8) is 0 Å². The van der Waals surface area contributed by atoms with Gasteiger partial charge in [0.25, 0.3) is 0 Å². The Morgan fingerprint density at radius 3 is 0.264 bits per heavy atom. The zero-order valence-corrected chi connectivity index (χ0v) is 51.8. The molecule has 0 aromatic rings. The molecule has 0 aromatic heterocycles. The normalized spacial score (nSPS) is 11.3. The maximum absolute atomic E-state index is 9.75. The van der Waals surface area contributed by atoms with Gasteiger partial charge < -0.3 is 69.1 Å². The fourth-order valence-electron chi connectivity index (χ4n) is 6.62. The minimum Gasteiger partial charge on any atom is -0.418 e. The van der Waals surface area contributed by atoms with Crippen LogP contribution in [0.2, 0.25) is 0 Å². The number of hydrogen-bond acceptors (Lipinski definition) is 0. The van der Waals surface area contributed by atoms with Crippen molar-refractivity contribution in [2.45, 2.75) is 237 Å². The van der Waals surface area contributed by atoms with E-state index >= 15 is 0 Å². The molecule has 24 heteroatoms. The van der Waals surface area contributed by atoms with Crippen LogP contribution < -0.4 is 0 Å². The standard InChI is InChI=1S/4C12H27P.4BF4/c4*1-4-7-10-13(11-8-5-2)12-9-6-3;4*2-1(3,4)5/h4*4-12H2,1-3H3;;;;/q;;;;4*-1/p+4. The van der Waals surface area contributed by atoms with Gasteiger partial charge in [-0.2, -0.15) is 0 Å². The summed E-state index contributed by atoms with van der Waals surface area (Å²) >= 11 is 0. The van der Waals surface area contributed by atoms with Gasteiger partial charge in [0, 0.05) is 31.7 Å². The second-order valence-electron chi connectivity index (χ2n) is 18.2. The van der Waals surface area contributed by atoms with Crippen molar-refractivity contribution in [1.82, 2.24) is 0 Å². The van der Waals surface area contributed by atoms with Crippen molar-refractivity contribution >= 4 is 60.7 Å². The minimum absolute atomic E-state index is 0.0675. The van der Waals surface area contributed by atoms with Crippen LogP contribution in [-0.4, -0.2) is 103 Å². The van der Waals surface area contributed by atoms with Crippen molar-refractivity contribution in [3.05, 3.63) is 0 Å². The van der Waals surface area contributed by atoms with Crippen molar-refractivity contribution in [1.29, 1.82) is 0 Å². The number of unbranched alkanes of at least 4 members (excludes halogenated alkanes) is 12. The molecule has 0 radical (unpaired) electrons. The maximum Gasteiger partial charge on any atom is 0.673 e. The molecule has 0 aromatic carbocycles. The highest BCUT2D eigenvalue weighted by Gasteiger charge is 2.22. The van der Waals surface area contributed by atoms with E-state index in [9.17, 15) is 69.1 Å². The van der Waals surface area contributed by atoms with Gasteiger partial charge in [0.05, 0.1) is 73.9 Å². The Morgan fingerprint density at radius 1 is 0.167 bits per heavy atom. The molecular formula is C48H112B4F16P4. The van der Waals surface area contributed by atoms with Crippen molar-refractivity contribution in [2.24, 2.45) is 0 Å². The van der Waals surface area contributed by atoms with E-state index in [4.69, 9.17) is 0 Å². The maximum atomic E-state index is 9.75. The highest BCUT2D eigenvalue weighted by atomic mass is 31.1. The molecule has 0 heterocycles. The monoisotopic (exact) mass is 1160 g/mol. The Kier molecular flexibility index (Phi) is 84.4. The average Bonchev–Trinajstić information content (AvgIpc) is 3.26. The zero-order valence-electron chi connectivity index (χ0n) is 47.8. The molecule has 0 amide bonds. The van der Waals surface area contributed by atoms with Gasteiger partial charge in [-0.25, -0.2) is 0 Å². The molecule has 0 unspecified atom stereocenters. The van der Waals surface area contributed by atoms with Crippen molar-refractivity contribution in [2.75, 3.05) is 73.9 Å². The quantitative estimate of drug-likeness (QED) is 0.0333. The lowest BCUT2D eigenvalue weighted by molar-refractivity contribution is 0.366. The summed E-state index contributed by atoms with van der Waals surface area (Å²) in [7, 11) is -23.7. The number of hydrogen-bond donors (Lipinski definition) is 0. The Balaban J connectivity index is -0.000000112. The fourth-order valence-corrected chi connectivity index (χ4v) is 19.9. The molecule has 0 saturated heterocycles. The highest BCUT2D eigenvalue weighted by molar-refractivity contribution is 7.58. The third-order valence-corrected chi connectivity index (χ3v) is 23.3. The summed E-state index contributed by atoms with van der Waals surface area (Å²) in [4.78, 5) is 0. The first-order chi connectivity index (χ1) is 33.4.